The van der Waals surface area contributed by atoms with E-state index in [2.05, 4.69) is 0 Å². The van der Waals surface area contributed by atoms with E-state index < -0.39 is 23.9 Å². The van der Waals surface area contributed by atoms with E-state index in [0.717, 1.165) is 5.56 Å². The number of carbonyl (C=O) groups is 3. The maximum absolute atomic E-state index is 12.0. The molecule has 0 spiro atoms. The van der Waals surface area contributed by atoms with Gasteiger partial charge in [0.25, 0.3) is 0 Å². The zero-order valence-electron chi connectivity index (χ0n) is 13.9. The highest BCUT2D eigenvalue weighted by Crippen LogP contribution is 2.12. The monoisotopic (exact) mass is 357 g/mol. The van der Waals surface area contributed by atoms with Crippen LogP contribution in [0.25, 0.3) is 0 Å². The second-order valence-electron chi connectivity index (χ2n) is 5.56. The molecule has 26 heavy (non-hydrogen) atoms. The van der Waals surface area contributed by atoms with Gasteiger partial charge in [-0.15, -0.1) is 0 Å². The summed E-state index contributed by atoms with van der Waals surface area (Å²) >= 11 is 0. The summed E-state index contributed by atoms with van der Waals surface area (Å²) in [6.45, 7) is -0.128. The maximum atomic E-state index is 12.0. The van der Waals surface area contributed by atoms with E-state index in [1.54, 1.807) is 36.4 Å². The quantitative estimate of drug-likeness (QED) is 0.416. The number of esters is 2. The van der Waals surface area contributed by atoms with Crippen molar-refractivity contribution in [3.05, 3.63) is 65.7 Å². The van der Waals surface area contributed by atoms with Gasteiger partial charge in [-0.05, 0) is 23.3 Å². The van der Waals surface area contributed by atoms with E-state index in [0.29, 0.717) is 5.56 Å². The number of phenolic OH excluding ortho intramolecular Hbond substituents is 1. The van der Waals surface area contributed by atoms with Crippen LogP contribution in [0.1, 0.15) is 11.1 Å². The fraction of sp³-hybridized carbons (Fsp3) is 0.211. The first kappa shape index (κ1) is 19.1. The highest BCUT2D eigenvalue weighted by atomic mass is 16.5. The Balaban J connectivity index is 1.88. The lowest BCUT2D eigenvalue weighted by atomic mass is 10.0. The summed E-state index contributed by atoms with van der Waals surface area (Å²) in [5.41, 5.74) is 7.05. The van der Waals surface area contributed by atoms with Crippen LogP contribution in [-0.2, 0) is 37.1 Å². The Morgan fingerprint density at radius 1 is 0.923 bits per heavy atom. The molecule has 0 aromatic heterocycles. The summed E-state index contributed by atoms with van der Waals surface area (Å²) in [6.07, 6.45) is 0.271. The minimum absolute atomic E-state index is 0.0124. The molecule has 0 aliphatic carbocycles. The molecule has 2 aromatic rings. The number of rotatable bonds is 8. The summed E-state index contributed by atoms with van der Waals surface area (Å²) in [5.74, 6) is -3.17. The third-order valence-electron chi connectivity index (χ3n) is 3.62. The molecular weight excluding hydrogens is 338 g/mol. The number of carbonyl (C=O) groups excluding carboxylic acids is 3. The average Bonchev–Trinajstić information content (AvgIpc) is 2.67. The number of ether oxygens (including phenoxy) is 2. The van der Waals surface area contributed by atoms with Crippen molar-refractivity contribution in [3.63, 3.8) is 0 Å². The Labute approximate surface area is 150 Å². The summed E-state index contributed by atoms with van der Waals surface area (Å²) < 4.78 is 10.1. The summed E-state index contributed by atoms with van der Waals surface area (Å²) in [4.78, 5) is 35.2. The number of aromatic hydroxyl groups is 1. The Kier molecular flexibility index (Phi) is 6.87. The second kappa shape index (κ2) is 9.33. The summed E-state index contributed by atoms with van der Waals surface area (Å²) in [6, 6.07) is 13.5. The molecule has 2 atom stereocenters. The molecule has 136 valence electrons. The molecule has 7 heteroatoms. The molecule has 7 nitrogen and oxygen atoms in total. The van der Waals surface area contributed by atoms with Crippen LogP contribution >= 0.6 is 0 Å². The van der Waals surface area contributed by atoms with Gasteiger partial charge < -0.3 is 25.1 Å². The van der Waals surface area contributed by atoms with Gasteiger partial charge in [0, 0.05) is 0 Å². The summed E-state index contributed by atoms with van der Waals surface area (Å²) in [5, 5.41) is 9.21. The molecule has 2 rings (SSSR count). The first-order valence-electron chi connectivity index (χ1n) is 7.87. The van der Waals surface area contributed by atoms with Crippen molar-refractivity contribution in [2.75, 3.05) is 0 Å². The average molecular weight is 357 g/mol. The predicted molar refractivity (Wildman–Crippen MR) is 91.7 cm³/mol. The largest absolute Gasteiger partial charge is 0.508 e. The Bertz CT molecular complexity index is 744. The van der Waals surface area contributed by atoms with Gasteiger partial charge in [-0.1, -0.05) is 42.5 Å². The summed E-state index contributed by atoms with van der Waals surface area (Å²) in [7, 11) is 0. The van der Waals surface area contributed by atoms with Crippen LogP contribution in [0.3, 0.4) is 0 Å². The van der Waals surface area contributed by atoms with Gasteiger partial charge in [-0.3, -0.25) is 9.59 Å². The molecule has 0 bridgehead atoms. The van der Waals surface area contributed by atoms with Gasteiger partial charge in [0.1, 0.15) is 37.2 Å². The van der Waals surface area contributed by atoms with E-state index in [4.69, 9.17) is 15.2 Å². The third kappa shape index (κ3) is 5.42. The van der Waals surface area contributed by atoms with E-state index in [-0.39, 0.29) is 25.2 Å². The van der Waals surface area contributed by atoms with Crippen LogP contribution in [0, 0.1) is 5.92 Å². The van der Waals surface area contributed by atoms with E-state index >= 15 is 0 Å². The lowest BCUT2D eigenvalue weighted by Crippen LogP contribution is -2.44. The molecule has 2 aromatic carbocycles. The molecular formula is C19H19NO6. The van der Waals surface area contributed by atoms with Crippen LogP contribution in [-0.4, -0.2) is 29.4 Å². The van der Waals surface area contributed by atoms with Gasteiger partial charge in [-0.2, -0.15) is 0 Å². The predicted octanol–water partition coefficient (Wildman–Crippen LogP) is 1.32. The first-order valence-corrected chi connectivity index (χ1v) is 7.87. The number of phenols is 1. The second-order valence-corrected chi connectivity index (χ2v) is 5.56. The topological polar surface area (TPSA) is 116 Å². The molecule has 2 unspecified atom stereocenters. The number of hydrogen-bond donors (Lipinski definition) is 2. The molecule has 0 amide bonds. The molecule has 0 fully saturated rings. The van der Waals surface area contributed by atoms with Gasteiger partial charge in [0.15, 0.2) is 0 Å². The van der Waals surface area contributed by atoms with E-state index in [1.165, 1.54) is 12.1 Å². The lowest BCUT2D eigenvalue weighted by Gasteiger charge is -2.17. The lowest BCUT2D eigenvalue weighted by molar-refractivity contribution is -0.159. The van der Waals surface area contributed by atoms with Crippen LogP contribution in [0.4, 0.5) is 0 Å². The van der Waals surface area contributed by atoms with Crippen molar-refractivity contribution in [1.29, 1.82) is 0 Å². The van der Waals surface area contributed by atoms with Gasteiger partial charge in [-0.25, -0.2) is 0 Å². The number of nitrogens with two attached hydrogens (primary N) is 1. The fourth-order valence-electron chi connectivity index (χ4n) is 2.10. The Morgan fingerprint density at radius 3 is 2.04 bits per heavy atom. The molecule has 0 saturated heterocycles. The van der Waals surface area contributed by atoms with Gasteiger partial charge in [0.2, 0.25) is 0 Å². The first-order chi connectivity index (χ1) is 12.5. The molecule has 0 radical (unpaired) electrons. The number of hydrogen-bond acceptors (Lipinski definition) is 7. The fourth-order valence-corrected chi connectivity index (χ4v) is 2.10. The zero-order chi connectivity index (χ0) is 18.9. The minimum atomic E-state index is -1.46. The van der Waals surface area contributed by atoms with Crippen molar-refractivity contribution in [2.24, 2.45) is 11.7 Å². The third-order valence-corrected chi connectivity index (χ3v) is 3.62. The Hall–Kier alpha value is -3.19. The van der Waals surface area contributed by atoms with Crippen molar-refractivity contribution in [2.45, 2.75) is 19.3 Å². The SMILES string of the molecule is NC(C(=O)OCc1ccccc1)C(C=O)C(=O)OCc1ccc(O)cc1. The molecule has 0 saturated carbocycles. The van der Waals surface area contributed by atoms with Crippen molar-refractivity contribution in [1.82, 2.24) is 0 Å². The van der Waals surface area contributed by atoms with Crippen LogP contribution in [0.2, 0.25) is 0 Å². The Morgan fingerprint density at radius 2 is 1.46 bits per heavy atom. The number of aldehydes is 1. The van der Waals surface area contributed by atoms with E-state index in [1.807, 2.05) is 6.07 Å². The number of benzene rings is 2. The van der Waals surface area contributed by atoms with Crippen molar-refractivity contribution >= 4 is 18.2 Å². The van der Waals surface area contributed by atoms with Crippen molar-refractivity contribution in [3.8, 4) is 5.75 Å². The highest BCUT2D eigenvalue weighted by molar-refractivity contribution is 5.95. The minimum Gasteiger partial charge on any atom is -0.508 e. The van der Waals surface area contributed by atoms with Crippen LogP contribution < -0.4 is 5.73 Å². The standard InChI is InChI=1S/C19H19NO6/c20-17(19(24)26-11-13-4-2-1-3-5-13)16(10-21)18(23)25-12-14-6-8-15(22)9-7-14/h1-10,16-17,22H,11-12,20H2. The van der Waals surface area contributed by atoms with E-state index in [9.17, 15) is 19.5 Å². The molecule has 0 heterocycles. The maximum Gasteiger partial charge on any atom is 0.324 e. The van der Waals surface area contributed by atoms with Crippen molar-refractivity contribution < 1.29 is 29.0 Å². The van der Waals surface area contributed by atoms with Crippen LogP contribution in [0.15, 0.2) is 54.6 Å². The normalized spacial score (nSPS) is 12.7. The molecule has 0 aliphatic rings. The smallest absolute Gasteiger partial charge is 0.324 e. The van der Waals surface area contributed by atoms with Crippen LogP contribution in [0.5, 0.6) is 5.75 Å². The van der Waals surface area contributed by atoms with Gasteiger partial charge >= 0.3 is 11.9 Å². The zero-order valence-corrected chi connectivity index (χ0v) is 13.9. The van der Waals surface area contributed by atoms with Gasteiger partial charge in [0.05, 0.1) is 0 Å². The highest BCUT2D eigenvalue weighted by Gasteiger charge is 2.33. The molecule has 3 N–H and O–H groups in total. The molecule has 0 aliphatic heterocycles.